The van der Waals surface area contributed by atoms with Crippen molar-refractivity contribution < 1.29 is 24.8 Å². The molecular formula is C33H40O7. The summed E-state index contributed by atoms with van der Waals surface area (Å²) in [5.41, 5.74) is 0.287. The summed E-state index contributed by atoms with van der Waals surface area (Å²) < 4.78 is 13.2. The van der Waals surface area contributed by atoms with Crippen molar-refractivity contribution in [3.63, 3.8) is 0 Å². The number of ether oxygens (including phenoxy) is 2. The summed E-state index contributed by atoms with van der Waals surface area (Å²) in [6.45, 7) is 12.0. The first-order valence-corrected chi connectivity index (χ1v) is 14.1. The van der Waals surface area contributed by atoms with E-state index in [9.17, 15) is 24.9 Å². The smallest absolute Gasteiger partial charge is 0.223 e. The maximum atomic E-state index is 12.6. The lowest BCUT2D eigenvalue weighted by Gasteiger charge is -2.49. The number of fused-ring (bicyclic) bond motifs is 4. The number of hydrogen-bond donors (Lipinski definition) is 3. The standard InChI is InChI=1S/C33H40O7/c1-18-10-24(34)26(36)15-28-22(18)12-20-14-30(38)33(6)21(17-31(3,4)8-7-9-32(20,5)39-28)13-23-19(2)11-25(35)27(37)16-29(23)40-33/h7-8,10-11,15-16,20-21,30,38H,9,12-14,17H2,1-6H3,(H,34,36)(H,35,37)/b8-7-/t20-,21+,30+,32-,33-/m1/s1. The Hall–Kier alpha value is -3.32. The molecule has 5 rings (SSSR count). The van der Waals surface area contributed by atoms with Gasteiger partial charge in [-0.2, -0.15) is 0 Å². The van der Waals surface area contributed by atoms with Crippen LogP contribution in [0.15, 0.2) is 46.0 Å². The number of rotatable bonds is 0. The van der Waals surface area contributed by atoms with Gasteiger partial charge in [0, 0.05) is 30.4 Å². The maximum Gasteiger partial charge on any atom is 0.223 e. The van der Waals surface area contributed by atoms with Crippen LogP contribution in [0.3, 0.4) is 0 Å². The van der Waals surface area contributed by atoms with Gasteiger partial charge in [-0.3, -0.25) is 9.59 Å². The number of aryl methyl sites for hydroxylation is 2. The third-order valence-electron chi connectivity index (χ3n) is 9.56. The van der Waals surface area contributed by atoms with Gasteiger partial charge in [-0.25, -0.2) is 0 Å². The summed E-state index contributed by atoms with van der Waals surface area (Å²) in [7, 11) is 0. The summed E-state index contributed by atoms with van der Waals surface area (Å²) in [5, 5.41) is 32.4. The van der Waals surface area contributed by atoms with Crippen LogP contribution in [0.25, 0.3) is 0 Å². The molecule has 1 aliphatic carbocycles. The predicted molar refractivity (Wildman–Crippen MR) is 153 cm³/mol. The van der Waals surface area contributed by atoms with Gasteiger partial charge < -0.3 is 24.8 Å². The second kappa shape index (κ2) is 9.65. The summed E-state index contributed by atoms with van der Waals surface area (Å²) in [5.74, 6) is 0.0238. The van der Waals surface area contributed by atoms with Gasteiger partial charge in [-0.15, -0.1) is 0 Å². The van der Waals surface area contributed by atoms with E-state index in [1.165, 1.54) is 24.3 Å². The second-order valence-corrected chi connectivity index (χ2v) is 13.2. The van der Waals surface area contributed by atoms with Crippen LogP contribution in [-0.2, 0) is 12.8 Å². The fraction of sp³-hybridized carbons (Fsp3) is 0.515. The molecule has 2 aromatic rings. The molecule has 5 atom stereocenters. The molecule has 0 radical (unpaired) electrons. The lowest BCUT2D eigenvalue weighted by atomic mass is 9.67. The lowest BCUT2D eigenvalue weighted by molar-refractivity contribution is -0.117. The topological polar surface area (TPSA) is 113 Å². The van der Waals surface area contributed by atoms with Crippen molar-refractivity contribution in [3.05, 3.63) is 79.1 Å². The van der Waals surface area contributed by atoms with Gasteiger partial charge >= 0.3 is 0 Å². The van der Waals surface area contributed by atoms with E-state index in [4.69, 9.17) is 9.47 Å². The van der Waals surface area contributed by atoms with Crippen LogP contribution in [-0.4, -0.2) is 32.6 Å². The van der Waals surface area contributed by atoms with Crippen molar-refractivity contribution in [1.29, 1.82) is 0 Å². The molecule has 3 N–H and O–H groups in total. The Balaban J connectivity index is 1.63. The normalized spacial score (nSPS) is 31.5. The molecule has 0 unspecified atom stereocenters. The largest absolute Gasteiger partial charge is 0.504 e. The Morgan fingerprint density at radius 3 is 1.90 bits per heavy atom. The van der Waals surface area contributed by atoms with Gasteiger partial charge in [0.25, 0.3) is 0 Å². The average molecular weight is 549 g/mol. The van der Waals surface area contributed by atoms with Crippen molar-refractivity contribution in [2.24, 2.45) is 17.3 Å². The molecule has 0 fully saturated rings. The van der Waals surface area contributed by atoms with Crippen LogP contribution < -0.4 is 20.3 Å². The Kier molecular flexibility index (Phi) is 6.81. The third kappa shape index (κ3) is 4.89. The highest BCUT2D eigenvalue weighted by molar-refractivity contribution is 5.46. The Morgan fingerprint density at radius 1 is 0.800 bits per heavy atom. The molecule has 2 aliphatic heterocycles. The molecule has 0 bridgehead atoms. The van der Waals surface area contributed by atoms with Crippen molar-refractivity contribution in [2.75, 3.05) is 0 Å². The van der Waals surface area contributed by atoms with Gasteiger partial charge in [0.05, 0.1) is 6.10 Å². The fourth-order valence-corrected chi connectivity index (χ4v) is 6.92. The van der Waals surface area contributed by atoms with E-state index in [-0.39, 0.29) is 28.7 Å². The molecule has 40 heavy (non-hydrogen) atoms. The number of hydrogen-bond acceptors (Lipinski definition) is 7. The highest BCUT2D eigenvalue weighted by Gasteiger charge is 2.51. The zero-order valence-electron chi connectivity index (χ0n) is 24.2. The van der Waals surface area contributed by atoms with Crippen LogP contribution in [0.4, 0.5) is 0 Å². The quantitative estimate of drug-likeness (QED) is 0.402. The minimum absolute atomic E-state index is 0.0753. The van der Waals surface area contributed by atoms with E-state index in [0.29, 0.717) is 37.2 Å². The fourth-order valence-electron chi connectivity index (χ4n) is 6.92. The number of allylic oxidation sites excluding steroid dienone is 1. The molecule has 0 saturated heterocycles. The highest BCUT2D eigenvalue weighted by atomic mass is 16.5. The first-order valence-electron chi connectivity index (χ1n) is 14.1. The summed E-state index contributed by atoms with van der Waals surface area (Å²) >= 11 is 0. The van der Waals surface area contributed by atoms with Crippen molar-refractivity contribution in [2.45, 2.75) is 91.0 Å². The van der Waals surface area contributed by atoms with Gasteiger partial charge in [0.2, 0.25) is 10.9 Å². The SMILES string of the molecule is Cc1cc(O)c(=O)cc2c1C[C@H]1CC(C)(C)/C=C\C[C@@]3(C)Oc4cc(=O)c(O)cc(C)c4C[C@@H]3C[C@H](O)[C@]1(C)O2. The predicted octanol–water partition coefficient (Wildman–Crippen LogP) is 4.88. The molecule has 0 amide bonds. The summed E-state index contributed by atoms with van der Waals surface area (Å²) in [6.07, 6.45) is 6.29. The molecule has 2 aromatic carbocycles. The molecule has 214 valence electrons. The lowest BCUT2D eigenvalue weighted by Crippen LogP contribution is -2.57. The molecule has 0 aromatic heterocycles. The van der Waals surface area contributed by atoms with Crippen LogP contribution in [0.2, 0.25) is 0 Å². The Morgan fingerprint density at radius 2 is 1.32 bits per heavy atom. The van der Waals surface area contributed by atoms with Gasteiger partial charge in [0.15, 0.2) is 11.5 Å². The molecule has 3 aliphatic rings. The molecule has 7 heteroatoms. The molecule has 0 spiro atoms. The van der Waals surface area contributed by atoms with Crippen LogP contribution in [0.5, 0.6) is 23.0 Å². The van der Waals surface area contributed by atoms with Gasteiger partial charge in [0.1, 0.15) is 22.7 Å². The number of aromatic hydroxyl groups is 2. The minimum atomic E-state index is -1.01. The summed E-state index contributed by atoms with van der Waals surface area (Å²) in [6, 6.07) is 5.68. The first kappa shape index (κ1) is 28.2. The van der Waals surface area contributed by atoms with Crippen molar-refractivity contribution >= 4 is 0 Å². The van der Waals surface area contributed by atoms with Gasteiger partial charge in [-0.05, 0) is 93.2 Å². The number of aliphatic hydroxyl groups excluding tert-OH is 1. The van der Waals surface area contributed by atoms with E-state index in [1.807, 2.05) is 27.7 Å². The molecule has 0 saturated carbocycles. The minimum Gasteiger partial charge on any atom is -0.504 e. The maximum absolute atomic E-state index is 12.6. The summed E-state index contributed by atoms with van der Waals surface area (Å²) in [4.78, 5) is 25.0. The zero-order valence-corrected chi connectivity index (χ0v) is 24.2. The van der Waals surface area contributed by atoms with E-state index in [0.717, 1.165) is 28.7 Å². The Labute approximate surface area is 235 Å². The van der Waals surface area contributed by atoms with Crippen molar-refractivity contribution in [3.8, 4) is 23.0 Å². The van der Waals surface area contributed by atoms with E-state index in [2.05, 4.69) is 26.0 Å². The zero-order chi connectivity index (χ0) is 29.2. The van der Waals surface area contributed by atoms with E-state index in [1.54, 1.807) is 0 Å². The van der Waals surface area contributed by atoms with E-state index >= 15 is 0 Å². The third-order valence-corrected chi connectivity index (χ3v) is 9.56. The highest BCUT2D eigenvalue weighted by Crippen LogP contribution is 2.49. The number of aliphatic hydroxyl groups is 1. The van der Waals surface area contributed by atoms with Crippen LogP contribution in [0.1, 0.15) is 69.2 Å². The average Bonchev–Trinajstić information content (AvgIpc) is 3.01. The monoisotopic (exact) mass is 548 g/mol. The van der Waals surface area contributed by atoms with Crippen molar-refractivity contribution in [1.82, 2.24) is 0 Å². The second-order valence-electron chi connectivity index (χ2n) is 13.2. The first-order chi connectivity index (χ1) is 18.6. The van der Waals surface area contributed by atoms with Crippen LogP contribution >= 0.6 is 0 Å². The molecule has 7 nitrogen and oxygen atoms in total. The molecule has 2 heterocycles. The van der Waals surface area contributed by atoms with E-state index < -0.39 is 28.2 Å². The van der Waals surface area contributed by atoms with Crippen LogP contribution in [0, 0.1) is 31.1 Å². The molecular weight excluding hydrogens is 508 g/mol. The Bertz CT molecular complexity index is 1510. The van der Waals surface area contributed by atoms with Gasteiger partial charge in [-0.1, -0.05) is 26.0 Å².